The lowest BCUT2D eigenvalue weighted by molar-refractivity contribution is -0.137. The van der Waals surface area contributed by atoms with Crippen molar-refractivity contribution in [2.45, 2.75) is 88.8 Å². The minimum absolute atomic E-state index is 0.214. The van der Waals surface area contributed by atoms with Gasteiger partial charge in [-0.25, -0.2) is 4.99 Å². The summed E-state index contributed by atoms with van der Waals surface area (Å²) in [7, 11) is 0. The molecule has 2 spiro atoms. The van der Waals surface area contributed by atoms with Gasteiger partial charge in [0.1, 0.15) is 5.78 Å². The maximum atomic E-state index is 12.3. The Kier molecular flexibility index (Phi) is 5.46. The van der Waals surface area contributed by atoms with E-state index >= 15 is 0 Å². The van der Waals surface area contributed by atoms with Crippen LogP contribution < -0.4 is 0 Å². The van der Waals surface area contributed by atoms with Gasteiger partial charge in [-0.1, -0.05) is 37.6 Å². The molecule has 166 valence electrons. The van der Waals surface area contributed by atoms with E-state index in [9.17, 15) is 4.79 Å². The lowest BCUT2D eigenvalue weighted by Crippen LogP contribution is -2.48. The molecule has 1 aromatic rings. The number of hydrogen-bond acceptors (Lipinski definition) is 3. The van der Waals surface area contributed by atoms with E-state index in [0.29, 0.717) is 30.5 Å². The van der Waals surface area contributed by atoms with Crippen molar-refractivity contribution in [1.29, 1.82) is 0 Å². The molecule has 1 aromatic carbocycles. The Labute approximate surface area is 192 Å². The van der Waals surface area contributed by atoms with Gasteiger partial charge < -0.3 is 4.74 Å². The molecule has 2 bridgehead atoms. The van der Waals surface area contributed by atoms with Crippen LogP contribution in [0.25, 0.3) is 0 Å². The van der Waals surface area contributed by atoms with Crippen LogP contribution in [0.2, 0.25) is 0 Å². The fraction of sp³-hybridized carbons (Fsp3) is 0.517. The van der Waals surface area contributed by atoms with Gasteiger partial charge in [-0.05, 0) is 97.6 Å². The molecular weight excluding hydrogens is 394 g/mol. The van der Waals surface area contributed by atoms with Gasteiger partial charge in [-0.3, -0.25) is 4.79 Å². The second kappa shape index (κ2) is 8.16. The lowest BCUT2D eigenvalue weighted by Gasteiger charge is -2.46. The van der Waals surface area contributed by atoms with Crippen molar-refractivity contribution in [1.82, 2.24) is 0 Å². The van der Waals surface area contributed by atoms with Crippen molar-refractivity contribution in [3.63, 3.8) is 0 Å². The molecule has 32 heavy (non-hydrogen) atoms. The molecule has 2 heterocycles. The zero-order valence-electron chi connectivity index (χ0n) is 19.3. The zero-order valence-corrected chi connectivity index (χ0v) is 19.3. The summed E-state index contributed by atoms with van der Waals surface area (Å²) >= 11 is 0. The van der Waals surface area contributed by atoms with Crippen LogP contribution in [0.1, 0.15) is 87.3 Å². The first-order valence-electron chi connectivity index (χ1n) is 12.2. The van der Waals surface area contributed by atoms with Crippen molar-refractivity contribution in [3.8, 4) is 12.5 Å². The molecule has 4 atom stereocenters. The molecule has 0 radical (unpaired) electrons. The fourth-order valence-electron chi connectivity index (χ4n) is 6.55. The number of aliphatic imine (C=N–C) groups is 1. The monoisotopic (exact) mass is 427 g/mol. The first kappa shape index (κ1) is 21.4. The number of hydrogen-bond donors (Lipinski definition) is 0. The number of carbonyl (C=O) groups is 1. The second-order valence-corrected chi connectivity index (χ2v) is 10.3. The van der Waals surface area contributed by atoms with Crippen LogP contribution in [0.5, 0.6) is 0 Å². The Balaban J connectivity index is 1.44. The first-order chi connectivity index (χ1) is 15.5. The highest BCUT2D eigenvalue weighted by molar-refractivity contribution is 5.83. The largest absolute Gasteiger partial charge is 0.359 e. The number of aryl methyl sites for hydroxylation is 1. The Morgan fingerprint density at radius 1 is 1.22 bits per heavy atom. The molecule has 3 nitrogen and oxygen atoms in total. The van der Waals surface area contributed by atoms with Crippen LogP contribution in [0.3, 0.4) is 0 Å². The number of rotatable bonds is 2. The fourth-order valence-corrected chi connectivity index (χ4v) is 6.55. The summed E-state index contributed by atoms with van der Waals surface area (Å²) in [5.74, 6) is 1.30. The van der Waals surface area contributed by atoms with Crippen molar-refractivity contribution < 1.29 is 9.53 Å². The Hall–Kier alpha value is -2.44. The summed E-state index contributed by atoms with van der Waals surface area (Å²) in [6.07, 6.45) is 20.6. The van der Waals surface area contributed by atoms with Crippen LogP contribution in [-0.2, 0) is 9.53 Å². The average Bonchev–Trinajstić information content (AvgIpc) is 3.13. The maximum Gasteiger partial charge on any atom is 0.136 e. The highest BCUT2D eigenvalue weighted by atomic mass is 16.5. The number of terminal acetylenes is 1. The van der Waals surface area contributed by atoms with E-state index in [-0.39, 0.29) is 11.2 Å². The Morgan fingerprint density at radius 3 is 2.94 bits per heavy atom. The molecule has 3 heteroatoms. The minimum atomic E-state index is -0.309. The maximum absolute atomic E-state index is 12.3. The highest BCUT2D eigenvalue weighted by Gasteiger charge is 2.58. The summed E-state index contributed by atoms with van der Waals surface area (Å²) in [6, 6.07) is 9.10. The van der Waals surface area contributed by atoms with E-state index < -0.39 is 0 Å². The normalized spacial score (nSPS) is 36.1. The second-order valence-electron chi connectivity index (χ2n) is 10.3. The van der Waals surface area contributed by atoms with Gasteiger partial charge >= 0.3 is 0 Å². The lowest BCUT2D eigenvalue weighted by atomic mass is 9.75. The van der Waals surface area contributed by atoms with Crippen molar-refractivity contribution >= 4 is 12.0 Å². The first-order valence-corrected chi connectivity index (χ1v) is 12.2. The van der Waals surface area contributed by atoms with Gasteiger partial charge in [0, 0.05) is 25.1 Å². The molecule has 2 aliphatic heterocycles. The number of ether oxygens (including phenoxy) is 1. The summed E-state index contributed by atoms with van der Waals surface area (Å²) in [5.41, 5.74) is 5.92. The van der Waals surface area contributed by atoms with Gasteiger partial charge in [0.15, 0.2) is 0 Å². The topological polar surface area (TPSA) is 38.7 Å². The minimum Gasteiger partial charge on any atom is -0.359 e. The average molecular weight is 428 g/mol. The predicted molar refractivity (Wildman–Crippen MR) is 129 cm³/mol. The van der Waals surface area contributed by atoms with E-state index in [1.165, 1.54) is 22.3 Å². The number of Topliss-reactive ketones (excluding diaryl/α,β-unsaturated/α-hetero) is 1. The molecular formula is C29H33NO2. The molecule has 2 aliphatic carbocycles. The van der Waals surface area contributed by atoms with Crippen LogP contribution >= 0.6 is 0 Å². The Bertz CT molecular complexity index is 1070. The van der Waals surface area contributed by atoms with Crippen molar-refractivity contribution in [3.05, 3.63) is 58.2 Å². The van der Waals surface area contributed by atoms with Gasteiger partial charge in [-0.15, -0.1) is 0 Å². The summed E-state index contributed by atoms with van der Waals surface area (Å²) in [5, 5.41) is 0. The predicted octanol–water partition coefficient (Wildman–Crippen LogP) is 6.21. The van der Waals surface area contributed by atoms with E-state index in [4.69, 9.17) is 11.2 Å². The van der Waals surface area contributed by atoms with Gasteiger partial charge in [0.2, 0.25) is 0 Å². The van der Waals surface area contributed by atoms with Crippen LogP contribution in [0, 0.1) is 25.3 Å². The number of benzene rings is 1. The third kappa shape index (κ3) is 3.50. The molecule has 0 aromatic heterocycles. The smallest absolute Gasteiger partial charge is 0.136 e. The van der Waals surface area contributed by atoms with Crippen LogP contribution in [0.4, 0.5) is 0 Å². The summed E-state index contributed by atoms with van der Waals surface area (Å²) in [4.78, 5) is 16.3. The molecule has 1 unspecified atom stereocenters. The quantitative estimate of drug-likeness (QED) is 0.416. The molecule has 1 saturated carbocycles. The van der Waals surface area contributed by atoms with Crippen LogP contribution in [-0.4, -0.2) is 23.2 Å². The van der Waals surface area contributed by atoms with Crippen LogP contribution in [0.15, 0.2) is 46.5 Å². The number of carbonyl (C=O) groups excluding carboxylic acids is 1. The third-order valence-electron chi connectivity index (χ3n) is 8.51. The molecule has 0 amide bonds. The van der Waals surface area contributed by atoms with Gasteiger partial charge in [-0.2, -0.15) is 0 Å². The van der Waals surface area contributed by atoms with E-state index in [0.717, 1.165) is 50.5 Å². The third-order valence-corrected chi connectivity index (χ3v) is 8.51. The molecule has 4 aliphatic rings. The molecule has 5 rings (SSSR count). The SMILES string of the molecule is C#CN=Cc1cc(C2CC/C=C3/C=C4CCC(=O)C[C@]45CC[C@]3(O5)[C@@H](C)CC2)ccc1C. The number of ketones is 1. The molecule has 2 fully saturated rings. The Morgan fingerprint density at radius 2 is 2.09 bits per heavy atom. The molecule has 1 saturated heterocycles. The summed E-state index contributed by atoms with van der Waals surface area (Å²) in [6.45, 7) is 4.46. The van der Waals surface area contributed by atoms with E-state index in [2.05, 4.69) is 55.2 Å². The zero-order chi connectivity index (χ0) is 22.3. The summed E-state index contributed by atoms with van der Waals surface area (Å²) < 4.78 is 6.98. The van der Waals surface area contributed by atoms with Gasteiger partial charge in [0.25, 0.3) is 0 Å². The number of nitrogens with zero attached hydrogens (tertiary/aromatic N) is 1. The highest BCUT2D eigenvalue weighted by Crippen LogP contribution is 2.58. The van der Waals surface area contributed by atoms with Crippen molar-refractivity contribution in [2.75, 3.05) is 0 Å². The molecule has 0 N–H and O–H groups in total. The number of allylic oxidation sites excluding steroid dienone is 1. The van der Waals surface area contributed by atoms with E-state index in [1.54, 1.807) is 6.21 Å². The van der Waals surface area contributed by atoms with Gasteiger partial charge in [0.05, 0.1) is 11.2 Å². The van der Waals surface area contributed by atoms with Crippen molar-refractivity contribution in [2.24, 2.45) is 10.9 Å². The van der Waals surface area contributed by atoms with E-state index in [1.807, 2.05) is 0 Å². The standard InChI is InChI=1S/C29H33NO2/c1-4-30-19-24-16-23(10-8-20(24)2)22-6-5-7-26-17-25-12-13-27(31)18-28(25)14-15-29(26,32-28)21(3)9-11-22/h1,7-8,10,16-17,19,21-22H,5-6,9,11-15,18H2,2-3H3/b26-7-,30-19?/t21-,22?,28+,29-/m0/s1.